The van der Waals surface area contributed by atoms with Gasteiger partial charge in [0.15, 0.2) is 17.1 Å². The molecule has 0 bridgehead atoms. The van der Waals surface area contributed by atoms with E-state index in [-0.39, 0.29) is 21.5 Å². The Kier molecular flexibility index (Phi) is 8.38. The number of hydrogen-bond acceptors (Lipinski definition) is 14. The summed E-state index contributed by atoms with van der Waals surface area (Å²) in [6.45, 7) is 0.167. The molecule has 3 unspecified atom stereocenters. The number of oxime groups is 1. The molecule has 6 N–H and O–H groups in total. The number of ether oxygens (including phenoxy) is 1. The number of hydrogen-bond donors (Lipinski definition) is 5. The molecule has 2 rings (SSSR count). The smallest absolute Gasteiger partial charge is 0.378 e. The van der Waals surface area contributed by atoms with E-state index in [0.717, 1.165) is 18.3 Å². The van der Waals surface area contributed by atoms with Crippen molar-refractivity contribution in [2.75, 3.05) is 12.3 Å². The maximum Gasteiger partial charge on any atom is 0.378 e. The van der Waals surface area contributed by atoms with Gasteiger partial charge in [0.1, 0.15) is 17.8 Å². The first-order valence-electron chi connectivity index (χ1n) is 8.97. The molecule has 0 saturated carbocycles. The topological polar surface area (TPSA) is 274 Å². The maximum atomic E-state index is 12.7. The summed E-state index contributed by atoms with van der Waals surface area (Å²) < 4.78 is 36.6. The number of nitrogens with two attached hydrogens (primary N) is 1. The molecule has 1 aromatic rings. The van der Waals surface area contributed by atoms with Crippen LogP contribution >= 0.6 is 11.3 Å². The van der Waals surface area contributed by atoms with Crippen molar-refractivity contribution >= 4 is 68.4 Å². The Morgan fingerprint density at radius 1 is 1.40 bits per heavy atom. The minimum absolute atomic E-state index is 0.0372. The predicted octanol–water partition coefficient (Wildman–Crippen LogP) is -3.77. The van der Waals surface area contributed by atoms with Gasteiger partial charge >= 0.3 is 22.2 Å². The number of carboxylic acid groups (broad SMARTS) is 1. The maximum absolute atomic E-state index is 12.7. The van der Waals surface area contributed by atoms with Crippen LogP contribution in [0.1, 0.15) is 12.6 Å². The molecule has 35 heavy (non-hydrogen) atoms. The third-order valence-electron chi connectivity index (χ3n) is 3.97. The van der Waals surface area contributed by atoms with Crippen LogP contribution in [0.5, 0.6) is 0 Å². The fourth-order valence-electron chi connectivity index (χ4n) is 2.55. The monoisotopic (exact) mass is 536 g/mol. The number of carbonyl (C=O) groups is 6. The van der Waals surface area contributed by atoms with Crippen molar-refractivity contribution in [3.05, 3.63) is 11.1 Å². The molecule has 1 aliphatic rings. The zero-order valence-electron chi connectivity index (χ0n) is 17.3. The Morgan fingerprint density at radius 2 is 2.06 bits per heavy atom. The third kappa shape index (κ3) is 6.45. The molecule has 18 nitrogen and oxygen atoms in total. The van der Waals surface area contributed by atoms with Crippen LogP contribution in [0.25, 0.3) is 0 Å². The van der Waals surface area contributed by atoms with Gasteiger partial charge in [-0.3, -0.25) is 23.7 Å². The summed E-state index contributed by atoms with van der Waals surface area (Å²) in [5.41, 5.74) is 4.54. The molecule has 20 heteroatoms. The van der Waals surface area contributed by atoms with Crippen molar-refractivity contribution < 1.29 is 56.4 Å². The van der Waals surface area contributed by atoms with Gasteiger partial charge in [-0.15, -0.1) is 11.3 Å². The predicted molar refractivity (Wildman–Crippen MR) is 111 cm³/mol. The molecule has 3 amide bonds. The molecular formula is C15H16N6O12S2. The molecule has 1 aliphatic heterocycles. The number of carbonyl (C=O) groups excluding carboxylic acids is 5. The molecule has 0 aromatic carbocycles. The number of β-lactam (4-membered cyclic amide) rings is 1. The van der Waals surface area contributed by atoms with Gasteiger partial charge < -0.3 is 31.0 Å². The second kappa shape index (κ2) is 10.8. The van der Waals surface area contributed by atoms with Crippen LogP contribution in [0.3, 0.4) is 0 Å². The molecule has 1 saturated heterocycles. The number of rotatable bonds is 12. The average molecular weight is 536 g/mol. The van der Waals surface area contributed by atoms with Crippen molar-refractivity contribution in [1.82, 2.24) is 19.9 Å². The highest BCUT2D eigenvalue weighted by molar-refractivity contribution is 7.84. The van der Waals surface area contributed by atoms with Crippen LogP contribution in [-0.2, 0) is 48.6 Å². The number of carboxylic acids is 1. The first-order chi connectivity index (χ1) is 16.3. The van der Waals surface area contributed by atoms with Gasteiger partial charge in [0.2, 0.25) is 13.0 Å². The molecular weight excluding hydrogens is 520 g/mol. The molecule has 1 aromatic heterocycles. The SMILES string of the molecule is CC(NC=O)OC(=O)C(=O)C1C(NC(=O)C(=NOCC(=O)O)c2csc(N)n2)C(=O)N1S(=O)(=O)O. The third-order valence-corrected chi connectivity index (χ3v) is 5.54. The number of nitrogens with zero attached hydrogens (tertiary/aromatic N) is 3. The van der Waals surface area contributed by atoms with Crippen molar-refractivity contribution in [3.63, 3.8) is 0 Å². The molecule has 0 aliphatic carbocycles. The van der Waals surface area contributed by atoms with Gasteiger partial charge in [-0.2, -0.15) is 8.42 Å². The van der Waals surface area contributed by atoms with E-state index in [4.69, 9.17) is 10.8 Å². The fourth-order valence-corrected chi connectivity index (χ4v) is 3.94. The number of ketones is 1. The summed E-state index contributed by atoms with van der Waals surface area (Å²) in [6, 6.07) is -4.28. The number of aromatic nitrogens is 1. The first kappa shape index (κ1) is 27.1. The Bertz CT molecular complexity index is 1190. The zero-order valence-corrected chi connectivity index (χ0v) is 18.9. The number of nitrogen functional groups attached to an aromatic ring is 1. The van der Waals surface area contributed by atoms with E-state index >= 15 is 0 Å². The normalized spacial score (nSPS) is 18.6. The lowest BCUT2D eigenvalue weighted by molar-refractivity contribution is -0.165. The largest absolute Gasteiger partial charge is 0.479 e. The Morgan fingerprint density at radius 3 is 2.57 bits per heavy atom. The molecule has 190 valence electrons. The van der Waals surface area contributed by atoms with Gasteiger partial charge in [-0.25, -0.2) is 18.9 Å². The average Bonchev–Trinajstić information content (AvgIpc) is 3.17. The van der Waals surface area contributed by atoms with E-state index in [1.165, 1.54) is 5.38 Å². The molecule has 0 spiro atoms. The quantitative estimate of drug-likeness (QED) is 0.0251. The van der Waals surface area contributed by atoms with E-state index in [1.54, 1.807) is 0 Å². The highest BCUT2D eigenvalue weighted by Crippen LogP contribution is 2.25. The molecule has 3 atom stereocenters. The van der Waals surface area contributed by atoms with Gasteiger partial charge in [-0.05, 0) is 6.92 Å². The summed E-state index contributed by atoms with van der Waals surface area (Å²) in [4.78, 5) is 78.9. The van der Waals surface area contributed by atoms with Crippen molar-refractivity contribution in [2.45, 2.75) is 25.2 Å². The second-order valence-corrected chi connectivity index (χ2v) is 8.56. The van der Waals surface area contributed by atoms with Crippen molar-refractivity contribution in [3.8, 4) is 0 Å². The van der Waals surface area contributed by atoms with Crippen LogP contribution < -0.4 is 16.4 Å². The Balaban J connectivity index is 2.32. The standard InChI is InChI=1S/C15H16N6O12S2/c1-5(17-4-22)33-14(28)11(25)10-9(13(27)21(10)35(29,30)31)19-12(26)8(20-32-2-7(23)24)6-3-34-15(16)18-6/h3-5,9-10H,2H2,1H3,(H2,16,18)(H,17,22)(H,19,26)(H,23,24)(H,29,30,31). The molecule has 1 fully saturated rings. The summed E-state index contributed by atoms with van der Waals surface area (Å²) >= 11 is 0.852. The van der Waals surface area contributed by atoms with Crippen LogP contribution in [0, 0.1) is 0 Å². The van der Waals surface area contributed by atoms with E-state index < -0.39 is 70.5 Å². The number of nitrogens with one attached hydrogen (secondary N) is 2. The lowest BCUT2D eigenvalue weighted by atomic mass is 9.94. The van der Waals surface area contributed by atoms with Crippen LogP contribution in [0.2, 0.25) is 0 Å². The van der Waals surface area contributed by atoms with Gasteiger partial charge in [0, 0.05) is 5.38 Å². The number of thiazole rings is 1. The number of esters is 1. The lowest BCUT2D eigenvalue weighted by Crippen LogP contribution is -2.75. The Hall–Kier alpha value is -4.17. The van der Waals surface area contributed by atoms with Crippen LogP contribution in [0.4, 0.5) is 5.13 Å². The molecule has 0 radical (unpaired) electrons. The van der Waals surface area contributed by atoms with E-state index in [1.807, 2.05) is 10.6 Å². The van der Waals surface area contributed by atoms with E-state index in [9.17, 15) is 41.7 Å². The number of aliphatic carboxylic acids is 1. The zero-order chi connectivity index (χ0) is 26.5. The van der Waals surface area contributed by atoms with Crippen molar-refractivity contribution in [1.29, 1.82) is 0 Å². The fraction of sp³-hybridized carbons (Fsp3) is 0.333. The summed E-state index contributed by atoms with van der Waals surface area (Å²) in [6.07, 6.45) is -1.19. The highest BCUT2D eigenvalue weighted by atomic mass is 32.2. The molecule has 2 heterocycles. The van der Waals surface area contributed by atoms with Crippen molar-refractivity contribution in [2.24, 2.45) is 5.16 Å². The Labute approximate surface area is 198 Å². The first-order valence-corrected chi connectivity index (χ1v) is 11.2. The summed E-state index contributed by atoms with van der Waals surface area (Å²) in [5.74, 6) is -7.65. The lowest BCUT2D eigenvalue weighted by Gasteiger charge is -2.42. The number of amides is 3. The van der Waals surface area contributed by atoms with Gasteiger partial charge in [-0.1, -0.05) is 5.16 Å². The van der Waals surface area contributed by atoms with E-state index in [0.29, 0.717) is 0 Å². The minimum Gasteiger partial charge on any atom is -0.479 e. The summed E-state index contributed by atoms with van der Waals surface area (Å²) in [7, 11) is -5.36. The minimum atomic E-state index is -5.36. The highest BCUT2D eigenvalue weighted by Gasteiger charge is 2.59. The van der Waals surface area contributed by atoms with Crippen LogP contribution in [0.15, 0.2) is 10.5 Å². The number of anilines is 1. The van der Waals surface area contributed by atoms with Crippen LogP contribution in [-0.4, -0.2) is 93.9 Å². The van der Waals surface area contributed by atoms with Gasteiger partial charge in [0.25, 0.3) is 17.6 Å². The number of Topliss-reactive ketones (excluding diaryl/α,β-unsaturated/α-hetero) is 1. The second-order valence-electron chi connectivity index (χ2n) is 6.38. The van der Waals surface area contributed by atoms with Gasteiger partial charge in [0.05, 0.1) is 0 Å². The van der Waals surface area contributed by atoms with E-state index in [2.05, 4.69) is 19.7 Å². The summed E-state index contributed by atoms with van der Waals surface area (Å²) in [5, 5.41) is 17.1.